The van der Waals surface area contributed by atoms with E-state index in [4.69, 9.17) is 0 Å². The van der Waals surface area contributed by atoms with Crippen molar-refractivity contribution in [3.63, 3.8) is 0 Å². The van der Waals surface area contributed by atoms with E-state index in [0.29, 0.717) is 0 Å². The van der Waals surface area contributed by atoms with Crippen molar-refractivity contribution < 1.29 is 4.39 Å². The Balaban J connectivity index is 2.91. The molecule has 0 aromatic carbocycles. The van der Waals surface area contributed by atoms with Crippen LogP contribution in [0.1, 0.15) is 24.9 Å². The van der Waals surface area contributed by atoms with Gasteiger partial charge in [-0.25, -0.2) is 4.39 Å². The zero-order valence-electron chi connectivity index (χ0n) is 7.90. The van der Waals surface area contributed by atoms with Crippen molar-refractivity contribution in [1.29, 1.82) is 0 Å². The summed E-state index contributed by atoms with van der Waals surface area (Å²) in [5.74, 6) is 0. The van der Waals surface area contributed by atoms with E-state index in [0.717, 1.165) is 9.35 Å². The minimum Gasteiger partial charge on any atom is -0.312 e. The van der Waals surface area contributed by atoms with Gasteiger partial charge in [0.1, 0.15) is 0 Å². The molecule has 1 unspecified atom stereocenters. The van der Waals surface area contributed by atoms with Gasteiger partial charge in [-0.05, 0) is 48.3 Å². The largest absolute Gasteiger partial charge is 0.312 e. The second-order valence-electron chi connectivity index (χ2n) is 3.47. The molecular weight excluding hydrogens is 253 g/mol. The van der Waals surface area contributed by atoms with Gasteiger partial charge in [0.15, 0.2) is 6.17 Å². The molecule has 0 amide bonds. The first-order valence-electron chi connectivity index (χ1n) is 4.05. The monoisotopic (exact) mass is 265 g/mol. The fourth-order valence-electron chi connectivity index (χ4n) is 0.941. The Labute approximate surface area is 90.5 Å². The molecule has 1 atom stereocenters. The Bertz CT molecular complexity index is 285. The van der Waals surface area contributed by atoms with Gasteiger partial charge in [-0.3, -0.25) is 0 Å². The molecule has 1 heterocycles. The summed E-state index contributed by atoms with van der Waals surface area (Å²) in [6.45, 7) is 3.70. The molecule has 0 saturated heterocycles. The van der Waals surface area contributed by atoms with Crippen LogP contribution in [0.4, 0.5) is 4.39 Å². The number of hydrogen-bond donors (Lipinski definition) is 1. The van der Waals surface area contributed by atoms with Crippen LogP contribution < -0.4 is 5.32 Å². The number of halogens is 2. The van der Waals surface area contributed by atoms with E-state index >= 15 is 0 Å². The Kier molecular flexibility index (Phi) is 3.49. The second kappa shape index (κ2) is 4.07. The van der Waals surface area contributed by atoms with E-state index in [9.17, 15) is 4.39 Å². The fourth-order valence-corrected chi connectivity index (χ4v) is 2.67. The summed E-state index contributed by atoms with van der Waals surface area (Å²) in [6.07, 6.45) is -0.980. The molecule has 0 bridgehead atoms. The minimum absolute atomic E-state index is 0.520. The van der Waals surface area contributed by atoms with E-state index < -0.39 is 11.7 Å². The van der Waals surface area contributed by atoms with E-state index in [1.54, 1.807) is 7.05 Å². The normalized spacial score (nSPS) is 14.5. The smallest absolute Gasteiger partial charge is 0.153 e. The highest BCUT2D eigenvalue weighted by Gasteiger charge is 2.31. The van der Waals surface area contributed by atoms with Crippen LogP contribution in [0.2, 0.25) is 0 Å². The summed E-state index contributed by atoms with van der Waals surface area (Å²) < 4.78 is 14.8. The first-order chi connectivity index (χ1) is 5.99. The predicted molar refractivity (Wildman–Crippen MR) is 59.0 cm³/mol. The number of rotatable bonds is 3. The molecule has 0 saturated carbocycles. The van der Waals surface area contributed by atoms with Crippen molar-refractivity contribution in [2.75, 3.05) is 7.05 Å². The number of nitrogens with one attached hydrogen (secondary N) is 1. The molecule has 0 aliphatic carbocycles. The van der Waals surface area contributed by atoms with E-state index in [1.165, 1.54) is 11.3 Å². The van der Waals surface area contributed by atoms with Crippen LogP contribution in [-0.4, -0.2) is 12.6 Å². The lowest BCUT2D eigenvalue weighted by Gasteiger charge is -2.27. The summed E-state index contributed by atoms with van der Waals surface area (Å²) in [5.41, 5.74) is -0.520. The van der Waals surface area contributed by atoms with Gasteiger partial charge in [0.05, 0.1) is 4.88 Å². The van der Waals surface area contributed by atoms with Crippen molar-refractivity contribution in [3.05, 3.63) is 20.8 Å². The van der Waals surface area contributed by atoms with Crippen LogP contribution in [-0.2, 0) is 0 Å². The van der Waals surface area contributed by atoms with Crippen LogP contribution >= 0.6 is 27.3 Å². The first kappa shape index (κ1) is 11.1. The molecule has 0 spiro atoms. The van der Waals surface area contributed by atoms with Crippen LogP contribution in [0, 0.1) is 0 Å². The fraction of sp³-hybridized carbons (Fsp3) is 0.556. The van der Waals surface area contributed by atoms with Crippen molar-refractivity contribution in [1.82, 2.24) is 5.32 Å². The summed E-state index contributed by atoms with van der Waals surface area (Å²) in [7, 11) is 1.77. The highest BCUT2D eigenvalue weighted by Crippen LogP contribution is 2.37. The predicted octanol–water partition coefficient (Wildman–Crippen LogP) is 3.52. The highest BCUT2D eigenvalue weighted by molar-refractivity contribution is 9.10. The third kappa shape index (κ3) is 2.30. The lowest BCUT2D eigenvalue weighted by atomic mass is 9.98. The third-order valence-electron chi connectivity index (χ3n) is 2.15. The maximum Gasteiger partial charge on any atom is 0.153 e. The van der Waals surface area contributed by atoms with Gasteiger partial charge in [0.25, 0.3) is 0 Å². The Morgan fingerprint density at radius 2 is 2.23 bits per heavy atom. The first-order valence-corrected chi connectivity index (χ1v) is 5.72. The van der Waals surface area contributed by atoms with Gasteiger partial charge in [0, 0.05) is 10.0 Å². The van der Waals surface area contributed by atoms with Crippen molar-refractivity contribution in [3.8, 4) is 0 Å². The zero-order chi connectivity index (χ0) is 10.1. The average Bonchev–Trinajstić information content (AvgIpc) is 2.50. The molecular formula is C9H13BrFNS. The SMILES string of the molecule is CNC(C)(C)C(F)c1sccc1Br. The molecule has 1 aromatic heterocycles. The summed E-state index contributed by atoms with van der Waals surface area (Å²) in [5, 5.41) is 4.85. The number of alkyl halides is 1. The van der Waals surface area contributed by atoms with Crippen molar-refractivity contribution >= 4 is 27.3 Å². The van der Waals surface area contributed by atoms with Crippen LogP contribution in [0.5, 0.6) is 0 Å². The molecule has 1 nitrogen and oxygen atoms in total. The quantitative estimate of drug-likeness (QED) is 0.882. The van der Waals surface area contributed by atoms with E-state index in [2.05, 4.69) is 21.2 Å². The zero-order valence-corrected chi connectivity index (χ0v) is 10.3. The molecule has 0 aliphatic rings. The van der Waals surface area contributed by atoms with Crippen molar-refractivity contribution in [2.24, 2.45) is 0 Å². The number of hydrogen-bond acceptors (Lipinski definition) is 2. The summed E-state index contributed by atoms with van der Waals surface area (Å²) >= 11 is 4.77. The summed E-state index contributed by atoms with van der Waals surface area (Å²) in [4.78, 5) is 0.749. The number of thiophene rings is 1. The lowest BCUT2D eigenvalue weighted by Crippen LogP contribution is -2.40. The Hall–Kier alpha value is 0.0700. The molecule has 1 N–H and O–H groups in total. The molecule has 13 heavy (non-hydrogen) atoms. The molecule has 4 heteroatoms. The Morgan fingerprint density at radius 1 is 1.62 bits per heavy atom. The van der Waals surface area contributed by atoms with Crippen molar-refractivity contribution in [2.45, 2.75) is 25.6 Å². The van der Waals surface area contributed by atoms with Gasteiger partial charge in [0.2, 0.25) is 0 Å². The second-order valence-corrected chi connectivity index (χ2v) is 5.27. The van der Waals surface area contributed by atoms with Gasteiger partial charge in [-0.15, -0.1) is 11.3 Å². The maximum absolute atomic E-state index is 13.9. The maximum atomic E-state index is 13.9. The third-order valence-corrected chi connectivity index (χ3v) is 4.06. The topological polar surface area (TPSA) is 12.0 Å². The lowest BCUT2D eigenvalue weighted by molar-refractivity contribution is 0.194. The molecule has 1 aromatic rings. The van der Waals surface area contributed by atoms with Gasteiger partial charge in [-0.1, -0.05) is 0 Å². The number of likely N-dealkylation sites (N-methyl/N-ethyl adjacent to an activating group) is 1. The van der Waals surface area contributed by atoms with E-state index in [1.807, 2.05) is 25.3 Å². The van der Waals surface area contributed by atoms with E-state index in [-0.39, 0.29) is 0 Å². The van der Waals surface area contributed by atoms with Crippen LogP contribution in [0.3, 0.4) is 0 Å². The van der Waals surface area contributed by atoms with Crippen LogP contribution in [0.15, 0.2) is 15.9 Å². The molecule has 1 rings (SSSR count). The molecule has 0 aliphatic heterocycles. The van der Waals surface area contributed by atoms with Crippen LogP contribution in [0.25, 0.3) is 0 Å². The van der Waals surface area contributed by atoms with Gasteiger partial charge in [-0.2, -0.15) is 0 Å². The summed E-state index contributed by atoms with van der Waals surface area (Å²) in [6, 6.07) is 1.87. The highest BCUT2D eigenvalue weighted by atomic mass is 79.9. The molecule has 74 valence electrons. The minimum atomic E-state index is -0.980. The standard InChI is InChI=1S/C9H13BrFNS/c1-9(2,12-3)8(11)7-6(10)4-5-13-7/h4-5,8,12H,1-3H3. The van der Waals surface area contributed by atoms with Gasteiger partial charge >= 0.3 is 0 Å². The Morgan fingerprint density at radius 3 is 2.62 bits per heavy atom. The molecule has 0 fully saturated rings. The molecule has 0 radical (unpaired) electrons. The van der Waals surface area contributed by atoms with Gasteiger partial charge < -0.3 is 5.32 Å². The average molecular weight is 266 g/mol.